The molecule has 1 saturated heterocycles. The van der Waals surface area contributed by atoms with Crippen molar-refractivity contribution in [3.05, 3.63) is 29.6 Å². The molecule has 0 atom stereocenters. The Bertz CT molecular complexity index is 527. The van der Waals surface area contributed by atoms with Crippen molar-refractivity contribution in [3.63, 3.8) is 0 Å². The first-order valence-corrected chi connectivity index (χ1v) is 7.06. The third-order valence-electron chi connectivity index (χ3n) is 2.84. The Labute approximate surface area is 105 Å². The summed E-state index contributed by atoms with van der Waals surface area (Å²) in [7, 11) is -3.69. The maximum Gasteiger partial charge on any atom is 0.243 e. The van der Waals surface area contributed by atoms with Crippen LogP contribution >= 0.6 is 0 Å². The van der Waals surface area contributed by atoms with E-state index < -0.39 is 15.8 Å². The van der Waals surface area contributed by atoms with Gasteiger partial charge in [0, 0.05) is 19.6 Å². The molecule has 1 aromatic rings. The van der Waals surface area contributed by atoms with Gasteiger partial charge in [-0.05, 0) is 17.7 Å². The van der Waals surface area contributed by atoms with Crippen molar-refractivity contribution in [2.45, 2.75) is 11.4 Å². The topological polar surface area (TPSA) is 72.6 Å². The number of nitrogens with two attached hydrogens (primary N) is 1. The van der Waals surface area contributed by atoms with Crippen molar-refractivity contribution in [2.75, 3.05) is 26.3 Å². The van der Waals surface area contributed by atoms with E-state index in [9.17, 15) is 12.8 Å². The van der Waals surface area contributed by atoms with Crippen LogP contribution < -0.4 is 5.73 Å². The smallest absolute Gasteiger partial charge is 0.243 e. The summed E-state index contributed by atoms with van der Waals surface area (Å²) in [6.07, 6.45) is 0. The molecule has 0 saturated carbocycles. The maximum atomic E-state index is 13.2. The molecule has 2 rings (SSSR count). The van der Waals surface area contributed by atoms with Crippen LogP contribution in [0.15, 0.2) is 23.1 Å². The van der Waals surface area contributed by atoms with Gasteiger partial charge in [-0.15, -0.1) is 0 Å². The number of nitrogens with zero attached hydrogens (tertiary/aromatic N) is 1. The van der Waals surface area contributed by atoms with Gasteiger partial charge in [0.2, 0.25) is 10.0 Å². The molecule has 5 nitrogen and oxygen atoms in total. The Hall–Kier alpha value is -1.02. The summed E-state index contributed by atoms with van der Waals surface area (Å²) in [6.45, 7) is 1.32. The first-order valence-electron chi connectivity index (χ1n) is 5.62. The highest BCUT2D eigenvalue weighted by Gasteiger charge is 2.28. The van der Waals surface area contributed by atoms with E-state index >= 15 is 0 Å². The molecule has 18 heavy (non-hydrogen) atoms. The molecular formula is C11H15FN2O3S. The van der Waals surface area contributed by atoms with E-state index in [1.165, 1.54) is 16.4 Å². The molecular weight excluding hydrogens is 259 g/mol. The zero-order valence-electron chi connectivity index (χ0n) is 9.80. The van der Waals surface area contributed by atoms with Gasteiger partial charge in [0.15, 0.2) is 0 Å². The van der Waals surface area contributed by atoms with Crippen molar-refractivity contribution >= 4 is 10.0 Å². The Morgan fingerprint density at radius 1 is 1.33 bits per heavy atom. The Kier molecular flexibility index (Phi) is 3.96. The lowest BCUT2D eigenvalue weighted by atomic mass is 10.2. The summed E-state index contributed by atoms with van der Waals surface area (Å²) >= 11 is 0. The fourth-order valence-corrected chi connectivity index (χ4v) is 3.52. The number of morpholine rings is 1. The quantitative estimate of drug-likeness (QED) is 0.860. The minimum Gasteiger partial charge on any atom is -0.379 e. The number of hydrogen-bond donors (Lipinski definition) is 1. The first-order chi connectivity index (χ1) is 8.55. The molecule has 0 aromatic heterocycles. The number of sulfonamides is 1. The molecule has 0 amide bonds. The predicted octanol–water partition coefficient (Wildman–Crippen LogP) is 0.305. The zero-order chi connectivity index (χ0) is 13.2. The van der Waals surface area contributed by atoms with Gasteiger partial charge in [-0.1, -0.05) is 6.07 Å². The molecule has 7 heteroatoms. The number of halogens is 1. The summed E-state index contributed by atoms with van der Waals surface area (Å²) in [5, 5.41) is 0. The van der Waals surface area contributed by atoms with Crippen LogP contribution in [-0.2, 0) is 21.3 Å². The van der Waals surface area contributed by atoms with Gasteiger partial charge in [0.25, 0.3) is 0 Å². The van der Waals surface area contributed by atoms with Crippen LogP contribution in [0.4, 0.5) is 4.39 Å². The minimum atomic E-state index is -3.69. The summed E-state index contributed by atoms with van der Waals surface area (Å²) in [6, 6.07) is 3.64. The number of rotatable bonds is 3. The molecule has 100 valence electrons. The highest BCUT2D eigenvalue weighted by molar-refractivity contribution is 7.89. The molecule has 1 fully saturated rings. The molecule has 0 radical (unpaired) electrons. The normalized spacial score (nSPS) is 17.9. The summed E-state index contributed by atoms with van der Waals surface area (Å²) in [4.78, 5) is -0.0492. The molecule has 1 aliphatic heterocycles. The highest BCUT2D eigenvalue weighted by atomic mass is 32.2. The standard InChI is InChI=1S/C11H15FN2O3S/c12-10-2-1-9(8-13)11(7-10)18(15,16)14-3-5-17-6-4-14/h1-2,7H,3-6,8,13H2. The number of hydrogen-bond acceptors (Lipinski definition) is 4. The second kappa shape index (κ2) is 5.31. The minimum absolute atomic E-state index is 0.0492. The third kappa shape index (κ3) is 2.54. The fraction of sp³-hybridized carbons (Fsp3) is 0.455. The highest BCUT2D eigenvalue weighted by Crippen LogP contribution is 2.22. The van der Waals surface area contributed by atoms with Crippen LogP contribution in [0.25, 0.3) is 0 Å². The second-order valence-corrected chi connectivity index (χ2v) is 5.88. The van der Waals surface area contributed by atoms with Crippen LogP contribution in [0.5, 0.6) is 0 Å². The van der Waals surface area contributed by atoms with Gasteiger partial charge >= 0.3 is 0 Å². The molecule has 2 N–H and O–H groups in total. The van der Waals surface area contributed by atoms with Gasteiger partial charge in [-0.3, -0.25) is 0 Å². The Morgan fingerprint density at radius 2 is 2.00 bits per heavy atom. The Morgan fingerprint density at radius 3 is 2.61 bits per heavy atom. The van der Waals surface area contributed by atoms with Gasteiger partial charge in [-0.25, -0.2) is 12.8 Å². The number of ether oxygens (including phenoxy) is 1. The van der Waals surface area contributed by atoms with Crippen molar-refractivity contribution in [2.24, 2.45) is 5.73 Å². The summed E-state index contributed by atoms with van der Waals surface area (Å²) < 4.78 is 44.4. The molecule has 0 spiro atoms. The maximum absolute atomic E-state index is 13.2. The van der Waals surface area contributed by atoms with Crippen molar-refractivity contribution in [1.29, 1.82) is 0 Å². The van der Waals surface area contributed by atoms with E-state index in [0.717, 1.165) is 6.07 Å². The van der Waals surface area contributed by atoms with E-state index in [-0.39, 0.29) is 24.5 Å². The van der Waals surface area contributed by atoms with Gasteiger partial charge in [-0.2, -0.15) is 4.31 Å². The predicted molar refractivity (Wildman–Crippen MR) is 63.9 cm³/mol. The lowest BCUT2D eigenvalue weighted by molar-refractivity contribution is 0.0730. The molecule has 1 heterocycles. The van der Waals surface area contributed by atoms with Crippen LogP contribution in [0.1, 0.15) is 5.56 Å². The Balaban J connectivity index is 2.42. The second-order valence-electron chi connectivity index (χ2n) is 3.97. The molecule has 0 aliphatic carbocycles. The van der Waals surface area contributed by atoms with Crippen molar-refractivity contribution in [3.8, 4) is 0 Å². The van der Waals surface area contributed by atoms with E-state index in [4.69, 9.17) is 10.5 Å². The average Bonchev–Trinajstić information content (AvgIpc) is 2.39. The SMILES string of the molecule is NCc1ccc(F)cc1S(=O)(=O)N1CCOCC1. The lowest BCUT2D eigenvalue weighted by Gasteiger charge is -2.26. The zero-order valence-corrected chi connectivity index (χ0v) is 10.6. The van der Waals surface area contributed by atoms with Gasteiger partial charge < -0.3 is 10.5 Å². The van der Waals surface area contributed by atoms with Gasteiger partial charge in [0.05, 0.1) is 18.1 Å². The monoisotopic (exact) mass is 274 g/mol. The van der Waals surface area contributed by atoms with Crippen molar-refractivity contribution < 1.29 is 17.5 Å². The molecule has 0 bridgehead atoms. The van der Waals surface area contributed by atoms with E-state index in [1.54, 1.807) is 0 Å². The summed E-state index contributed by atoms with van der Waals surface area (Å²) in [5.41, 5.74) is 5.92. The largest absolute Gasteiger partial charge is 0.379 e. The van der Waals surface area contributed by atoms with Crippen LogP contribution in [0.2, 0.25) is 0 Å². The molecule has 1 aliphatic rings. The van der Waals surface area contributed by atoms with E-state index in [0.29, 0.717) is 18.8 Å². The average molecular weight is 274 g/mol. The molecule has 0 unspecified atom stereocenters. The molecule has 1 aromatic carbocycles. The van der Waals surface area contributed by atoms with Crippen LogP contribution in [0.3, 0.4) is 0 Å². The van der Waals surface area contributed by atoms with Crippen LogP contribution in [0, 0.1) is 5.82 Å². The van der Waals surface area contributed by atoms with Crippen LogP contribution in [-0.4, -0.2) is 39.0 Å². The third-order valence-corrected chi connectivity index (χ3v) is 4.82. The fourth-order valence-electron chi connectivity index (χ4n) is 1.86. The first kappa shape index (κ1) is 13.4. The van der Waals surface area contributed by atoms with E-state index in [2.05, 4.69) is 0 Å². The number of benzene rings is 1. The van der Waals surface area contributed by atoms with Crippen molar-refractivity contribution in [1.82, 2.24) is 4.31 Å². The summed E-state index contributed by atoms with van der Waals surface area (Å²) in [5.74, 6) is -0.584. The van der Waals surface area contributed by atoms with Gasteiger partial charge in [0.1, 0.15) is 5.82 Å². The van der Waals surface area contributed by atoms with E-state index in [1.807, 2.05) is 0 Å². The lowest BCUT2D eigenvalue weighted by Crippen LogP contribution is -2.41.